The molecule has 1 aromatic carbocycles. The van der Waals surface area contributed by atoms with Crippen LogP contribution in [0, 0.1) is 17.7 Å². The number of aromatic amines is 1. The van der Waals surface area contributed by atoms with Crippen LogP contribution in [0.25, 0.3) is 11.1 Å². The molecule has 3 aliphatic rings. The lowest BCUT2D eigenvalue weighted by molar-refractivity contribution is -0.137. The molecule has 180 valence electrons. The van der Waals surface area contributed by atoms with Crippen LogP contribution in [0.15, 0.2) is 30.6 Å². The lowest BCUT2D eigenvalue weighted by atomic mass is 9.83. The molecule has 0 bridgehead atoms. The van der Waals surface area contributed by atoms with Gasteiger partial charge in [-0.15, -0.1) is 0 Å². The zero-order valence-electron chi connectivity index (χ0n) is 19.3. The normalized spacial score (nSPS) is 25.8. The van der Waals surface area contributed by atoms with E-state index >= 15 is 0 Å². The van der Waals surface area contributed by atoms with Gasteiger partial charge in [-0.25, -0.2) is 9.18 Å². The maximum atomic E-state index is 14.4. The number of imide groups is 1. The molecule has 1 aromatic heterocycles. The Morgan fingerprint density at radius 1 is 1.24 bits per heavy atom. The number of nitrogens with zero attached hydrogens (tertiary/aromatic N) is 3. The van der Waals surface area contributed by atoms with Crippen LogP contribution in [0.4, 0.5) is 14.9 Å². The Kier molecular flexibility index (Phi) is 5.53. The molecule has 2 saturated heterocycles. The maximum Gasteiger partial charge on any atom is 0.322 e. The Morgan fingerprint density at radius 3 is 2.65 bits per heavy atom. The lowest BCUT2D eigenvalue weighted by Crippen LogP contribution is -2.56. The van der Waals surface area contributed by atoms with E-state index in [1.165, 1.54) is 12.1 Å². The minimum atomic E-state index is -0.981. The number of hydrogen-bond donors (Lipinski definition) is 3. The van der Waals surface area contributed by atoms with Crippen LogP contribution in [-0.4, -0.2) is 64.2 Å². The summed E-state index contributed by atoms with van der Waals surface area (Å²) in [6, 6.07) is 4.43. The minimum absolute atomic E-state index is 0.0178. The number of aromatic nitrogens is 2. The zero-order valence-corrected chi connectivity index (χ0v) is 19.3. The topological polar surface area (TPSA) is 110 Å². The fourth-order valence-electron chi connectivity index (χ4n) is 5.42. The van der Waals surface area contributed by atoms with Crippen LogP contribution in [0.5, 0.6) is 0 Å². The molecule has 1 saturated carbocycles. The zero-order chi connectivity index (χ0) is 24.0. The standard InChI is InChI=1S/C24H29FN6O3/c1-14(10-24(18-3-4-18)22(33)28-23(34)29-24)21(32)30-5-6-31(15(2)13-30)20-8-16(7-19(25)9-20)17-11-26-27-12-17/h7-9,11-12,14-15,18H,3-6,10,13H2,1-2H3,(H,26,27)(H2,28,29,33,34)/t14?,15-,24?/m0/s1. The molecule has 0 spiro atoms. The molecule has 34 heavy (non-hydrogen) atoms. The van der Waals surface area contributed by atoms with Gasteiger partial charge in [-0.05, 0) is 55.9 Å². The van der Waals surface area contributed by atoms with Crippen LogP contribution in [0.3, 0.4) is 0 Å². The van der Waals surface area contributed by atoms with Gasteiger partial charge in [0.05, 0.1) is 6.20 Å². The second kappa shape index (κ2) is 8.41. The Morgan fingerprint density at radius 2 is 2.03 bits per heavy atom. The molecule has 3 N–H and O–H groups in total. The van der Waals surface area contributed by atoms with Gasteiger partial charge >= 0.3 is 6.03 Å². The van der Waals surface area contributed by atoms with Gasteiger partial charge in [-0.3, -0.25) is 20.0 Å². The van der Waals surface area contributed by atoms with Gasteiger partial charge in [-0.2, -0.15) is 5.10 Å². The average molecular weight is 469 g/mol. The first-order valence-corrected chi connectivity index (χ1v) is 11.8. The van der Waals surface area contributed by atoms with E-state index in [0.717, 1.165) is 29.7 Å². The predicted octanol–water partition coefficient (Wildman–Crippen LogP) is 2.27. The van der Waals surface area contributed by atoms with Crippen LogP contribution in [0.1, 0.15) is 33.1 Å². The highest BCUT2D eigenvalue weighted by molar-refractivity contribution is 6.07. The van der Waals surface area contributed by atoms with E-state index < -0.39 is 17.5 Å². The molecule has 2 aromatic rings. The molecule has 4 amide bonds. The number of piperazine rings is 1. The second-order valence-electron chi connectivity index (χ2n) is 9.77. The molecular weight excluding hydrogens is 439 g/mol. The average Bonchev–Trinajstić information content (AvgIpc) is 3.43. The third-order valence-electron chi connectivity index (χ3n) is 7.28. The van der Waals surface area contributed by atoms with E-state index in [2.05, 4.69) is 25.7 Å². The molecule has 9 nitrogen and oxygen atoms in total. The number of urea groups is 1. The molecular formula is C24H29FN6O3. The number of carbonyl (C=O) groups is 3. The third-order valence-corrected chi connectivity index (χ3v) is 7.28. The second-order valence-corrected chi connectivity index (χ2v) is 9.77. The number of halogens is 1. The number of anilines is 1. The number of rotatable bonds is 6. The first-order chi connectivity index (χ1) is 16.3. The van der Waals surface area contributed by atoms with Gasteiger partial charge in [0.25, 0.3) is 5.91 Å². The molecule has 3 atom stereocenters. The van der Waals surface area contributed by atoms with Crippen molar-refractivity contribution in [3.8, 4) is 11.1 Å². The highest BCUT2D eigenvalue weighted by atomic mass is 19.1. The largest absolute Gasteiger partial charge is 0.365 e. The summed E-state index contributed by atoms with van der Waals surface area (Å²) in [5.74, 6) is -1.00. The van der Waals surface area contributed by atoms with Crippen molar-refractivity contribution in [2.24, 2.45) is 11.8 Å². The summed E-state index contributed by atoms with van der Waals surface area (Å²) in [6.45, 7) is 5.41. The van der Waals surface area contributed by atoms with Crippen molar-refractivity contribution in [2.75, 3.05) is 24.5 Å². The minimum Gasteiger partial charge on any atom is -0.365 e. The van der Waals surface area contributed by atoms with Crippen molar-refractivity contribution >= 4 is 23.5 Å². The molecule has 0 radical (unpaired) electrons. The first kappa shape index (κ1) is 22.4. The number of nitrogens with one attached hydrogen (secondary N) is 3. The summed E-state index contributed by atoms with van der Waals surface area (Å²) < 4.78 is 14.4. The van der Waals surface area contributed by atoms with E-state index in [4.69, 9.17) is 0 Å². The molecule has 2 unspecified atom stereocenters. The molecule has 10 heteroatoms. The van der Waals surface area contributed by atoms with Crippen molar-refractivity contribution in [3.05, 3.63) is 36.4 Å². The fraction of sp³-hybridized carbons (Fsp3) is 0.500. The summed E-state index contributed by atoms with van der Waals surface area (Å²) in [4.78, 5) is 41.6. The van der Waals surface area contributed by atoms with Crippen molar-refractivity contribution in [2.45, 2.75) is 44.7 Å². The smallest absolute Gasteiger partial charge is 0.322 e. The number of benzene rings is 1. The molecule has 3 heterocycles. The van der Waals surface area contributed by atoms with E-state index in [9.17, 15) is 18.8 Å². The monoisotopic (exact) mass is 468 g/mol. The summed E-state index contributed by atoms with van der Waals surface area (Å²) in [5.41, 5.74) is 1.33. The maximum absolute atomic E-state index is 14.4. The van der Waals surface area contributed by atoms with Gasteiger partial charge in [0.1, 0.15) is 11.4 Å². The van der Waals surface area contributed by atoms with Crippen molar-refractivity contribution in [1.82, 2.24) is 25.7 Å². The summed E-state index contributed by atoms with van der Waals surface area (Å²) >= 11 is 0. The Hall–Kier alpha value is -3.43. The highest BCUT2D eigenvalue weighted by Gasteiger charge is 2.56. The SMILES string of the molecule is CC(CC1(C2CC2)NC(=O)NC1=O)C(=O)N1CCN(c2cc(F)cc(-c3cn[nH]c3)c2)[C@@H](C)C1. The fourth-order valence-corrected chi connectivity index (χ4v) is 5.42. The number of hydrogen-bond acceptors (Lipinski definition) is 5. The van der Waals surface area contributed by atoms with E-state index in [0.29, 0.717) is 26.1 Å². The van der Waals surface area contributed by atoms with Crippen LogP contribution in [0.2, 0.25) is 0 Å². The molecule has 2 aliphatic heterocycles. The Balaban J connectivity index is 1.26. The van der Waals surface area contributed by atoms with Crippen molar-refractivity contribution in [1.29, 1.82) is 0 Å². The van der Waals surface area contributed by atoms with Gasteiger partial charge < -0.3 is 15.1 Å². The lowest BCUT2D eigenvalue weighted by Gasteiger charge is -2.42. The number of H-pyrrole nitrogens is 1. The Labute approximate surface area is 197 Å². The van der Waals surface area contributed by atoms with Crippen molar-refractivity contribution in [3.63, 3.8) is 0 Å². The third kappa shape index (κ3) is 4.01. The summed E-state index contributed by atoms with van der Waals surface area (Å²) in [7, 11) is 0. The van der Waals surface area contributed by atoms with E-state index in [1.807, 2.05) is 24.8 Å². The van der Waals surface area contributed by atoms with E-state index in [1.54, 1.807) is 12.4 Å². The summed E-state index contributed by atoms with van der Waals surface area (Å²) in [5, 5.41) is 11.8. The van der Waals surface area contributed by atoms with Gasteiger partial charge in [0.15, 0.2) is 0 Å². The quantitative estimate of drug-likeness (QED) is 0.564. The summed E-state index contributed by atoms with van der Waals surface area (Å²) in [6.07, 6.45) is 5.42. The van der Waals surface area contributed by atoms with Crippen LogP contribution >= 0.6 is 0 Å². The highest BCUT2D eigenvalue weighted by Crippen LogP contribution is 2.44. The molecule has 1 aliphatic carbocycles. The van der Waals surface area contributed by atoms with Gasteiger partial charge in [0.2, 0.25) is 5.91 Å². The molecule has 5 rings (SSSR count). The number of carbonyl (C=O) groups excluding carboxylic acids is 3. The number of amides is 4. The Bertz CT molecular complexity index is 1120. The van der Waals surface area contributed by atoms with Gasteiger partial charge in [0, 0.05) is 49.0 Å². The van der Waals surface area contributed by atoms with Gasteiger partial charge in [-0.1, -0.05) is 6.92 Å². The first-order valence-electron chi connectivity index (χ1n) is 11.8. The van der Waals surface area contributed by atoms with Crippen LogP contribution < -0.4 is 15.5 Å². The van der Waals surface area contributed by atoms with E-state index in [-0.39, 0.29) is 29.6 Å². The van der Waals surface area contributed by atoms with Crippen LogP contribution in [-0.2, 0) is 9.59 Å². The van der Waals surface area contributed by atoms with Crippen molar-refractivity contribution < 1.29 is 18.8 Å². The molecule has 3 fully saturated rings. The predicted molar refractivity (Wildman–Crippen MR) is 123 cm³/mol.